The van der Waals surface area contributed by atoms with Crippen molar-refractivity contribution in [3.63, 3.8) is 0 Å². The van der Waals surface area contributed by atoms with Crippen molar-refractivity contribution in [3.8, 4) is 0 Å². The number of anilines is 1. The number of carbonyl (C=O) groups is 1. The molecule has 1 amide bonds. The standard InChI is InChI=1S/C21H32N7O19P3/c22-16-11-18(25-5-24-16)28(6-26-11)21-15(46-48(35,36)37)13(31)10(45-21)4-43-50(40,41)47-49(38,39)42-3-9-12(30)14(32)20(44-9)27-2-7(17(23)33)1-8(29)19(27)34/h2,5-6,8-10,12-15,19-21,29-32,34H,1,3-4H2,(H2,23,33)(H,38,39)(H,40,41)(H2,22,24,25)(H2,35,36,37)/t8-,9+,10+,12+,13+,14+,15+,19-,20+,21+/m0/s1. The Labute approximate surface area is 278 Å². The number of aliphatic hydroxyl groups is 5. The second-order valence-electron chi connectivity index (χ2n) is 11.0. The third-order valence-corrected chi connectivity index (χ3v) is 10.7. The molecule has 13 N–H and O–H groups in total. The van der Waals surface area contributed by atoms with Crippen LogP contribution in [0.5, 0.6) is 0 Å². The Kier molecular flexibility index (Phi) is 11.2. The zero-order valence-corrected chi connectivity index (χ0v) is 27.6. The zero-order valence-electron chi connectivity index (χ0n) is 25.0. The van der Waals surface area contributed by atoms with Gasteiger partial charge in [-0.25, -0.2) is 28.6 Å². The van der Waals surface area contributed by atoms with E-state index in [0.29, 0.717) is 0 Å². The van der Waals surface area contributed by atoms with Crippen LogP contribution in [0, 0.1) is 0 Å². The Hall–Kier alpha value is -2.55. The molecule has 3 aliphatic rings. The number of carbonyl (C=O) groups excluding carboxylic acids is 1. The lowest BCUT2D eigenvalue weighted by atomic mass is 10.0. The summed E-state index contributed by atoms with van der Waals surface area (Å²) in [6.07, 6.45) is -14.7. The SMILES string of the molecule is NC(=O)C1=CN([C@@H]2O[C@H](COP(=O)(O)OP(=O)(O)OC[C@H]3O[C@@H](n4cnc5c(N)ncnc54)[C@H](OP(=O)(O)O)[C@@H]3O)[C@@H](O)[C@H]2O)[C@@H](O)[C@@H](O)C1. The number of phosphoric ester groups is 3. The number of primary amides is 1. The Morgan fingerprint density at radius 3 is 2.10 bits per heavy atom. The normalized spacial score (nSPS) is 34.4. The minimum absolute atomic E-state index is 0.0168. The number of rotatable bonds is 13. The van der Waals surface area contributed by atoms with Crippen molar-refractivity contribution in [1.82, 2.24) is 24.4 Å². The highest BCUT2D eigenvalue weighted by Gasteiger charge is 2.51. The molecule has 0 aromatic carbocycles. The van der Waals surface area contributed by atoms with Crippen LogP contribution in [-0.2, 0) is 45.8 Å². The molecule has 0 bridgehead atoms. The van der Waals surface area contributed by atoms with Gasteiger partial charge < -0.3 is 70.9 Å². The predicted octanol–water partition coefficient (Wildman–Crippen LogP) is -4.40. The van der Waals surface area contributed by atoms with Crippen LogP contribution in [0.2, 0.25) is 0 Å². The van der Waals surface area contributed by atoms with Crippen molar-refractivity contribution in [1.29, 1.82) is 0 Å². The van der Waals surface area contributed by atoms with Crippen molar-refractivity contribution in [2.24, 2.45) is 5.73 Å². The quantitative estimate of drug-likeness (QED) is 0.0855. The van der Waals surface area contributed by atoms with Gasteiger partial charge in [-0.05, 0) is 0 Å². The van der Waals surface area contributed by atoms with E-state index in [1.807, 2.05) is 0 Å². The first-order chi connectivity index (χ1) is 23.2. The maximum Gasteiger partial charge on any atom is 0.481 e. The molecule has 2 fully saturated rings. The molecule has 0 spiro atoms. The van der Waals surface area contributed by atoms with Crippen molar-refractivity contribution in [2.45, 2.75) is 67.8 Å². The van der Waals surface area contributed by atoms with E-state index in [2.05, 4.69) is 32.8 Å². The summed E-state index contributed by atoms with van der Waals surface area (Å²) >= 11 is 0. The van der Waals surface area contributed by atoms with Crippen LogP contribution in [0.3, 0.4) is 0 Å². The van der Waals surface area contributed by atoms with Gasteiger partial charge in [-0.15, -0.1) is 0 Å². The number of hydrogen-bond acceptors (Lipinski definition) is 20. The second kappa shape index (κ2) is 14.5. The molecule has 2 aromatic rings. The Morgan fingerprint density at radius 2 is 1.50 bits per heavy atom. The van der Waals surface area contributed by atoms with Crippen LogP contribution in [0.15, 0.2) is 24.4 Å². The van der Waals surface area contributed by atoms with Gasteiger partial charge in [0.15, 0.2) is 30.1 Å². The van der Waals surface area contributed by atoms with Gasteiger partial charge in [0.05, 0.1) is 19.5 Å². The lowest BCUT2D eigenvalue weighted by Crippen LogP contribution is -2.53. The number of phosphoric acid groups is 3. The fourth-order valence-corrected chi connectivity index (χ4v) is 7.90. The molecule has 3 aliphatic heterocycles. The van der Waals surface area contributed by atoms with Gasteiger partial charge in [0.2, 0.25) is 5.91 Å². The molecule has 280 valence electrons. The first kappa shape index (κ1) is 38.7. The molecule has 0 saturated carbocycles. The number of aliphatic hydroxyl groups excluding tert-OH is 5. The van der Waals surface area contributed by atoms with Crippen molar-refractivity contribution >= 4 is 46.4 Å². The van der Waals surface area contributed by atoms with Crippen LogP contribution < -0.4 is 11.5 Å². The highest BCUT2D eigenvalue weighted by Crippen LogP contribution is 2.61. The molecular formula is C21H32N7O19P3. The molecule has 5 heterocycles. The van der Waals surface area contributed by atoms with Crippen LogP contribution in [-0.4, -0.2) is 144 Å². The van der Waals surface area contributed by atoms with E-state index in [4.69, 9.17) is 20.9 Å². The predicted molar refractivity (Wildman–Crippen MR) is 156 cm³/mol. The number of nitrogen functional groups attached to an aromatic ring is 1. The lowest BCUT2D eigenvalue weighted by molar-refractivity contribution is -0.166. The Morgan fingerprint density at radius 1 is 0.900 bits per heavy atom. The third-order valence-electron chi connectivity index (χ3n) is 7.57. The minimum atomic E-state index is -5.59. The van der Waals surface area contributed by atoms with Crippen molar-refractivity contribution < 1.29 is 91.0 Å². The molecule has 50 heavy (non-hydrogen) atoms. The number of nitrogens with zero attached hydrogens (tertiary/aromatic N) is 5. The van der Waals surface area contributed by atoms with E-state index in [1.165, 1.54) is 0 Å². The average molecular weight is 779 g/mol. The highest BCUT2D eigenvalue weighted by molar-refractivity contribution is 7.61. The summed E-state index contributed by atoms with van der Waals surface area (Å²) in [4.78, 5) is 63.1. The van der Waals surface area contributed by atoms with Gasteiger partial charge in [-0.2, -0.15) is 4.31 Å². The van der Waals surface area contributed by atoms with E-state index >= 15 is 0 Å². The van der Waals surface area contributed by atoms with E-state index < -0.39 is 104 Å². The summed E-state index contributed by atoms with van der Waals surface area (Å²) in [7, 11) is -16.4. The van der Waals surface area contributed by atoms with Gasteiger partial charge >= 0.3 is 23.5 Å². The molecular weight excluding hydrogens is 747 g/mol. The Balaban J connectivity index is 1.21. The van der Waals surface area contributed by atoms with E-state index in [9.17, 15) is 63.6 Å². The number of fused-ring (bicyclic) bond motifs is 1. The summed E-state index contributed by atoms with van der Waals surface area (Å²) in [5, 5.41) is 52.0. The smallest absolute Gasteiger partial charge is 0.388 e. The van der Waals surface area contributed by atoms with E-state index in [0.717, 1.165) is 28.3 Å². The molecule has 5 rings (SSSR count). The van der Waals surface area contributed by atoms with Gasteiger partial charge in [0, 0.05) is 18.2 Å². The average Bonchev–Trinajstić information content (AvgIpc) is 3.65. The molecule has 26 nitrogen and oxygen atoms in total. The maximum absolute atomic E-state index is 12.6. The van der Waals surface area contributed by atoms with Gasteiger partial charge in [0.25, 0.3) is 0 Å². The monoisotopic (exact) mass is 779 g/mol. The van der Waals surface area contributed by atoms with E-state index in [-0.39, 0.29) is 29.0 Å². The van der Waals surface area contributed by atoms with Crippen LogP contribution in [0.4, 0.5) is 5.82 Å². The number of amides is 1. The molecule has 12 atom stereocenters. The van der Waals surface area contributed by atoms with Gasteiger partial charge in [-0.1, -0.05) is 0 Å². The number of hydrogen-bond donors (Lipinski definition) is 11. The summed E-state index contributed by atoms with van der Waals surface area (Å²) in [6, 6.07) is 0. The largest absolute Gasteiger partial charge is 0.481 e. The molecule has 0 aliphatic carbocycles. The molecule has 2 unspecified atom stereocenters. The summed E-state index contributed by atoms with van der Waals surface area (Å²) in [5.74, 6) is -1.03. The lowest BCUT2D eigenvalue weighted by Gasteiger charge is -2.39. The molecule has 0 radical (unpaired) electrons. The van der Waals surface area contributed by atoms with Crippen molar-refractivity contribution in [3.05, 3.63) is 24.4 Å². The third kappa shape index (κ3) is 8.39. The minimum Gasteiger partial charge on any atom is -0.388 e. The van der Waals surface area contributed by atoms with Crippen molar-refractivity contribution in [2.75, 3.05) is 18.9 Å². The summed E-state index contributed by atoms with van der Waals surface area (Å²) in [5.41, 5.74) is 10.8. The molecule has 29 heteroatoms. The first-order valence-electron chi connectivity index (χ1n) is 14.0. The fourth-order valence-electron chi connectivity index (χ4n) is 5.26. The Bertz CT molecular complexity index is 1760. The number of aromatic nitrogens is 4. The van der Waals surface area contributed by atoms with E-state index in [1.54, 1.807) is 0 Å². The topological polar surface area (TPSA) is 405 Å². The van der Waals surface area contributed by atoms with Crippen LogP contribution in [0.1, 0.15) is 12.6 Å². The molecule has 2 saturated heterocycles. The van der Waals surface area contributed by atoms with Crippen LogP contribution >= 0.6 is 23.5 Å². The molecule has 2 aromatic heterocycles. The highest BCUT2D eigenvalue weighted by atomic mass is 31.3. The number of ether oxygens (including phenoxy) is 2. The van der Waals surface area contributed by atoms with Gasteiger partial charge in [-0.3, -0.25) is 22.9 Å². The summed E-state index contributed by atoms with van der Waals surface area (Å²) < 4.78 is 67.0. The number of nitrogens with two attached hydrogens (primary N) is 2. The maximum atomic E-state index is 12.6. The fraction of sp³-hybridized carbons (Fsp3) is 0.619. The first-order valence-corrected chi connectivity index (χ1v) is 18.5. The zero-order chi connectivity index (χ0) is 36.9. The second-order valence-corrected chi connectivity index (χ2v) is 15.2. The summed E-state index contributed by atoms with van der Waals surface area (Å²) in [6.45, 7) is -2.19. The van der Waals surface area contributed by atoms with Crippen LogP contribution in [0.25, 0.3) is 11.2 Å². The van der Waals surface area contributed by atoms with Gasteiger partial charge in [0.1, 0.15) is 54.6 Å². The number of imidazole rings is 1.